The van der Waals surface area contributed by atoms with Crippen LogP contribution >= 0.6 is 23.2 Å². The van der Waals surface area contributed by atoms with E-state index in [2.05, 4.69) is 26.6 Å². The van der Waals surface area contributed by atoms with Gasteiger partial charge in [-0.2, -0.15) is 0 Å². The highest BCUT2D eigenvalue weighted by Gasteiger charge is 2.46. The van der Waals surface area contributed by atoms with Crippen molar-refractivity contribution in [2.75, 3.05) is 19.6 Å². The summed E-state index contributed by atoms with van der Waals surface area (Å²) >= 11 is 12.8. The molecule has 7 nitrogen and oxygen atoms in total. The Morgan fingerprint density at radius 2 is 1.86 bits per heavy atom. The molecule has 6 rings (SSSR count). The number of amides is 1. The van der Waals surface area contributed by atoms with Gasteiger partial charge in [-0.1, -0.05) is 60.0 Å². The second-order valence-corrected chi connectivity index (χ2v) is 13.2. The van der Waals surface area contributed by atoms with Gasteiger partial charge in [-0.15, -0.1) is 0 Å². The quantitative estimate of drug-likeness (QED) is 0.227. The van der Waals surface area contributed by atoms with Crippen molar-refractivity contribution < 1.29 is 19.0 Å². The molecule has 1 saturated carbocycles. The van der Waals surface area contributed by atoms with Gasteiger partial charge < -0.3 is 20.5 Å². The highest BCUT2D eigenvalue weighted by atomic mass is 35.5. The Bertz CT molecular complexity index is 1470. The van der Waals surface area contributed by atoms with Crippen LogP contribution in [0.1, 0.15) is 78.2 Å². The molecule has 44 heavy (non-hydrogen) atoms. The summed E-state index contributed by atoms with van der Waals surface area (Å²) in [6.45, 7) is 3.17. The lowest BCUT2D eigenvalue weighted by atomic mass is 9.73. The fourth-order valence-electron chi connectivity index (χ4n) is 6.64. The molecule has 2 aliphatic heterocycles. The summed E-state index contributed by atoms with van der Waals surface area (Å²) in [5, 5.41) is 18.6. The van der Waals surface area contributed by atoms with Gasteiger partial charge in [0.1, 0.15) is 16.5 Å². The Morgan fingerprint density at radius 1 is 1.09 bits per heavy atom. The van der Waals surface area contributed by atoms with Crippen molar-refractivity contribution >= 4 is 29.1 Å². The number of hydrogen-bond acceptors (Lipinski definition) is 6. The molecule has 0 radical (unpaired) electrons. The highest BCUT2D eigenvalue weighted by Crippen LogP contribution is 2.50. The maximum absolute atomic E-state index is 14.5. The third-order valence-electron chi connectivity index (χ3n) is 9.24. The number of nitrogens with zero attached hydrogens (tertiary/aromatic N) is 2. The van der Waals surface area contributed by atoms with E-state index in [0.29, 0.717) is 6.42 Å². The highest BCUT2D eigenvalue weighted by molar-refractivity contribution is 6.31. The Labute approximate surface area is 268 Å². The first-order chi connectivity index (χ1) is 21.3. The zero-order valence-corrected chi connectivity index (χ0v) is 26.2. The number of piperidine rings is 1. The van der Waals surface area contributed by atoms with Crippen molar-refractivity contribution in [1.29, 1.82) is 0 Å². The number of benzene rings is 2. The van der Waals surface area contributed by atoms with Gasteiger partial charge in [-0.25, -0.2) is 9.37 Å². The fourth-order valence-corrected chi connectivity index (χ4v) is 7.02. The van der Waals surface area contributed by atoms with E-state index in [1.165, 1.54) is 25.3 Å². The summed E-state index contributed by atoms with van der Waals surface area (Å²) in [4.78, 5) is 19.4. The molecule has 3 heterocycles. The minimum atomic E-state index is -0.987. The molecule has 3 atom stereocenters. The van der Waals surface area contributed by atoms with E-state index in [1.54, 1.807) is 0 Å². The normalized spacial score (nSPS) is 20.7. The zero-order valence-electron chi connectivity index (χ0n) is 24.7. The number of ether oxygens (including phenoxy) is 1. The number of aliphatic hydroxyl groups is 1. The smallest absolute Gasteiger partial charge is 0.273 e. The van der Waals surface area contributed by atoms with E-state index < -0.39 is 29.6 Å². The van der Waals surface area contributed by atoms with Crippen LogP contribution in [-0.2, 0) is 13.0 Å². The number of likely N-dealkylation sites (tertiary alicyclic amines) is 1. The summed E-state index contributed by atoms with van der Waals surface area (Å²) in [5.41, 5.74) is 2.36. The van der Waals surface area contributed by atoms with Crippen LogP contribution in [0, 0.1) is 5.82 Å². The average Bonchev–Trinajstić information content (AvgIpc) is 3.01. The number of pyridine rings is 1. The van der Waals surface area contributed by atoms with Crippen molar-refractivity contribution in [3.63, 3.8) is 0 Å². The molecule has 3 N–H and O–H groups in total. The summed E-state index contributed by atoms with van der Waals surface area (Å²) in [7, 11) is 0. The Morgan fingerprint density at radius 3 is 2.59 bits per heavy atom. The van der Waals surface area contributed by atoms with Crippen LogP contribution in [0.3, 0.4) is 0 Å². The van der Waals surface area contributed by atoms with Crippen LogP contribution in [0.5, 0.6) is 5.75 Å². The van der Waals surface area contributed by atoms with E-state index in [1.807, 2.05) is 36.4 Å². The molecule has 3 aromatic rings. The number of halogens is 3. The Hall–Kier alpha value is -2.75. The van der Waals surface area contributed by atoms with Crippen molar-refractivity contribution in [2.24, 2.45) is 0 Å². The molecule has 1 aromatic heterocycles. The van der Waals surface area contributed by atoms with Gasteiger partial charge in [0.15, 0.2) is 11.5 Å². The Balaban J connectivity index is 1.20. The average molecular weight is 642 g/mol. The number of carbonyl (C=O) groups excluding carboxylic acids is 1. The van der Waals surface area contributed by atoms with Crippen molar-refractivity contribution in [1.82, 2.24) is 20.5 Å². The van der Waals surface area contributed by atoms with Gasteiger partial charge in [-0.05, 0) is 87.0 Å². The van der Waals surface area contributed by atoms with Crippen molar-refractivity contribution in [3.8, 4) is 5.75 Å². The SMILES string of the molecule is O=C(N[C@@H](Cc1ccccc1)[C@H](O)CN[C@H]1CC2(CCC2)Oc2cc(CN3CCCCC3)c(Cl)cc21)c1nc(Cl)ccc1F. The van der Waals surface area contributed by atoms with Crippen LogP contribution in [0.2, 0.25) is 10.2 Å². The molecule has 0 unspecified atom stereocenters. The lowest BCUT2D eigenvalue weighted by molar-refractivity contribution is -0.0382. The van der Waals surface area contributed by atoms with Gasteiger partial charge >= 0.3 is 0 Å². The third-order valence-corrected chi connectivity index (χ3v) is 9.81. The topological polar surface area (TPSA) is 86.7 Å². The molecule has 0 bridgehead atoms. The molecular formula is C34H39Cl2FN4O3. The molecule has 1 aliphatic carbocycles. The minimum absolute atomic E-state index is 0.0132. The van der Waals surface area contributed by atoms with Gasteiger partial charge in [0.25, 0.3) is 5.91 Å². The molecule has 3 aliphatic rings. The van der Waals surface area contributed by atoms with Gasteiger partial charge in [-0.3, -0.25) is 9.69 Å². The minimum Gasteiger partial charge on any atom is -0.487 e. The van der Waals surface area contributed by atoms with Crippen molar-refractivity contribution in [3.05, 3.63) is 93.0 Å². The lowest BCUT2D eigenvalue weighted by Gasteiger charge is -2.48. The summed E-state index contributed by atoms with van der Waals surface area (Å²) < 4.78 is 21.1. The van der Waals surface area contributed by atoms with Gasteiger partial charge in [0.2, 0.25) is 0 Å². The first-order valence-electron chi connectivity index (χ1n) is 15.6. The molecule has 1 spiro atoms. The van der Waals surface area contributed by atoms with Crippen LogP contribution in [-0.4, -0.2) is 58.3 Å². The zero-order chi connectivity index (χ0) is 30.7. The molecule has 1 amide bonds. The van der Waals surface area contributed by atoms with E-state index >= 15 is 0 Å². The number of fused-ring (bicyclic) bond motifs is 1. The molecule has 2 aromatic carbocycles. The third kappa shape index (κ3) is 7.21. The molecule has 234 valence electrons. The maximum Gasteiger partial charge on any atom is 0.273 e. The van der Waals surface area contributed by atoms with E-state index in [0.717, 1.165) is 78.8 Å². The number of hydrogen-bond donors (Lipinski definition) is 3. The maximum atomic E-state index is 14.5. The fraction of sp³-hybridized carbons (Fsp3) is 0.471. The molecule has 2 fully saturated rings. The molecule has 1 saturated heterocycles. The number of nitrogens with one attached hydrogen (secondary N) is 2. The van der Waals surface area contributed by atoms with Crippen molar-refractivity contribution in [2.45, 2.75) is 81.7 Å². The molecular weight excluding hydrogens is 602 g/mol. The number of aromatic nitrogens is 1. The largest absolute Gasteiger partial charge is 0.487 e. The number of carbonyl (C=O) groups is 1. The predicted molar refractivity (Wildman–Crippen MR) is 170 cm³/mol. The summed E-state index contributed by atoms with van der Waals surface area (Å²) in [6, 6.07) is 15.3. The molecule has 10 heteroatoms. The predicted octanol–water partition coefficient (Wildman–Crippen LogP) is 6.25. The Kier molecular flexibility index (Phi) is 9.74. The van der Waals surface area contributed by atoms with Crippen LogP contribution in [0.15, 0.2) is 54.6 Å². The first kappa shape index (κ1) is 31.2. The van der Waals surface area contributed by atoms with Gasteiger partial charge in [0.05, 0.1) is 12.1 Å². The van der Waals surface area contributed by atoms with E-state index in [-0.39, 0.29) is 23.3 Å². The van der Waals surface area contributed by atoms with E-state index in [4.69, 9.17) is 27.9 Å². The second kappa shape index (κ2) is 13.7. The van der Waals surface area contributed by atoms with Crippen LogP contribution in [0.4, 0.5) is 4.39 Å². The standard InChI is InChI=1S/C34H39Cl2FN4O3/c35-25-18-24-28(19-34(12-7-13-34)44-30(24)17-23(25)21-41-14-5-2-6-15-41)38-20-29(42)27(16-22-8-3-1-4-9-22)39-33(43)32-26(37)10-11-31(36)40-32/h1,3-4,8-11,17-18,27-29,38,42H,2,5-7,12-16,19-21H2,(H,39,43)/t27-,28-,29+/m0/s1. The van der Waals surface area contributed by atoms with Crippen LogP contribution < -0.4 is 15.4 Å². The lowest BCUT2D eigenvalue weighted by Crippen LogP contribution is -2.52. The summed E-state index contributed by atoms with van der Waals surface area (Å²) in [6.07, 6.45) is 6.93. The van der Waals surface area contributed by atoms with Crippen LogP contribution in [0.25, 0.3) is 0 Å². The second-order valence-electron chi connectivity index (χ2n) is 12.4. The van der Waals surface area contributed by atoms with Gasteiger partial charge in [0, 0.05) is 36.1 Å². The monoisotopic (exact) mass is 640 g/mol. The van der Waals surface area contributed by atoms with E-state index in [9.17, 15) is 14.3 Å². The first-order valence-corrected chi connectivity index (χ1v) is 16.4. The number of rotatable bonds is 10. The number of aliphatic hydroxyl groups excluding tert-OH is 1. The summed E-state index contributed by atoms with van der Waals surface area (Å²) in [5.74, 6) is -0.655.